The summed E-state index contributed by atoms with van der Waals surface area (Å²) >= 11 is 0. The van der Waals surface area contributed by atoms with E-state index in [1.165, 1.54) is 6.07 Å². The molecule has 0 aliphatic carbocycles. The molecule has 0 saturated carbocycles. The van der Waals surface area contributed by atoms with Crippen LogP contribution in [0.15, 0.2) is 18.2 Å². The molecule has 0 spiro atoms. The summed E-state index contributed by atoms with van der Waals surface area (Å²) in [6.45, 7) is 3.78. The lowest BCUT2D eigenvalue weighted by Crippen LogP contribution is -2.11. The Labute approximate surface area is 87.5 Å². The first kappa shape index (κ1) is 11.0. The van der Waals surface area contributed by atoms with E-state index in [2.05, 4.69) is 5.32 Å². The third-order valence-electron chi connectivity index (χ3n) is 1.77. The number of benzene rings is 1. The number of nitrogens with one attached hydrogen (secondary N) is 1. The second kappa shape index (κ2) is 4.42. The first-order valence-electron chi connectivity index (χ1n) is 4.49. The van der Waals surface area contributed by atoms with Crippen molar-refractivity contribution in [2.24, 2.45) is 0 Å². The zero-order chi connectivity index (χ0) is 11.4. The summed E-state index contributed by atoms with van der Waals surface area (Å²) in [4.78, 5) is 10.2. The average molecular weight is 205 g/mol. The average Bonchev–Trinajstić information content (AvgIpc) is 2.17. The van der Waals surface area contributed by atoms with Crippen LogP contribution in [-0.4, -0.2) is 11.0 Å². The summed E-state index contributed by atoms with van der Waals surface area (Å²) in [7, 11) is 0. The summed E-state index contributed by atoms with van der Waals surface area (Å²) in [5, 5.41) is 22.3. The van der Waals surface area contributed by atoms with Gasteiger partial charge in [-0.1, -0.05) is 0 Å². The number of nitriles is 1. The summed E-state index contributed by atoms with van der Waals surface area (Å²) in [5.41, 5.74) is 0.660. The van der Waals surface area contributed by atoms with Gasteiger partial charge in [-0.25, -0.2) is 0 Å². The zero-order valence-electron chi connectivity index (χ0n) is 8.52. The van der Waals surface area contributed by atoms with Crippen LogP contribution in [0.5, 0.6) is 0 Å². The number of hydrogen-bond donors (Lipinski definition) is 1. The van der Waals surface area contributed by atoms with Crippen molar-refractivity contribution in [3.05, 3.63) is 33.9 Å². The van der Waals surface area contributed by atoms with E-state index in [9.17, 15) is 10.1 Å². The van der Waals surface area contributed by atoms with Crippen LogP contribution in [0.2, 0.25) is 0 Å². The molecule has 1 aromatic rings. The van der Waals surface area contributed by atoms with E-state index in [0.29, 0.717) is 5.69 Å². The van der Waals surface area contributed by atoms with Crippen LogP contribution >= 0.6 is 0 Å². The van der Waals surface area contributed by atoms with Gasteiger partial charge in [0.2, 0.25) is 0 Å². The molecule has 15 heavy (non-hydrogen) atoms. The van der Waals surface area contributed by atoms with Crippen molar-refractivity contribution < 1.29 is 4.92 Å². The number of rotatable bonds is 3. The molecule has 5 nitrogen and oxygen atoms in total. The highest BCUT2D eigenvalue weighted by Crippen LogP contribution is 2.25. The van der Waals surface area contributed by atoms with Crippen molar-refractivity contribution in [2.45, 2.75) is 19.9 Å². The van der Waals surface area contributed by atoms with Gasteiger partial charge in [0, 0.05) is 12.1 Å². The van der Waals surface area contributed by atoms with Gasteiger partial charge in [-0.15, -0.1) is 0 Å². The Morgan fingerprint density at radius 1 is 1.53 bits per heavy atom. The highest BCUT2D eigenvalue weighted by molar-refractivity contribution is 5.64. The molecule has 0 aromatic heterocycles. The Morgan fingerprint density at radius 3 is 2.67 bits per heavy atom. The Kier molecular flexibility index (Phi) is 3.24. The molecule has 0 amide bonds. The number of anilines is 1. The van der Waals surface area contributed by atoms with Crippen LogP contribution in [0.4, 0.5) is 11.4 Å². The molecule has 0 unspecified atom stereocenters. The van der Waals surface area contributed by atoms with Gasteiger partial charge in [-0.05, 0) is 26.0 Å². The highest BCUT2D eigenvalue weighted by atomic mass is 16.6. The predicted molar refractivity (Wildman–Crippen MR) is 56.6 cm³/mol. The maximum absolute atomic E-state index is 10.7. The molecular formula is C10H11N3O2. The molecule has 1 aromatic carbocycles. The number of nitro groups is 1. The first-order chi connectivity index (χ1) is 7.04. The summed E-state index contributed by atoms with van der Waals surface area (Å²) in [6, 6.07) is 6.35. The second-order valence-corrected chi connectivity index (χ2v) is 3.40. The fourth-order valence-electron chi connectivity index (χ4n) is 1.19. The van der Waals surface area contributed by atoms with Crippen molar-refractivity contribution in [1.82, 2.24) is 0 Å². The lowest BCUT2D eigenvalue weighted by Gasteiger charge is -2.09. The maximum atomic E-state index is 10.7. The lowest BCUT2D eigenvalue weighted by molar-refractivity contribution is -0.384. The number of nitro benzene ring substituents is 1. The van der Waals surface area contributed by atoms with Gasteiger partial charge in [0.25, 0.3) is 5.69 Å². The smallest absolute Gasteiger partial charge is 0.293 e. The molecule has 0 heterocycles. The van der Waals surface area contributed by atoms with Gasteiger partial charge >= 0.3 is 0 Å². The van der Waals surface area contributed by atoms with E-state index in [1.807, 2.05) is 19.9 Å². The van der Waals surface area contributed by atoms with Gasteiger partial charge in [-0.3, -0.25) is 10.1 Å². The third kappa shape index (κ3) is 2.68. The van der Waals surface area contributed by atoms with Gasteiger partial charge in [0.05, 0.1) is 16.6 Å². The topological polar surface area (TPSA) is 79.0 Å². The molecular weight excluding hydrogens is 194 g/mol. The number of nitrogens with zero attached hydrogens (tertiary/aromatic N) is 2. The molecule has 0 bridgehead atoms. The van der Waals surface area contributed by atoms with Crippen LogP contribution < -0.4 is 5.32 Å². The Bertz CT molecular complexity index is 421. The molecule has 1 N–H and O–H groups in total. The van der Waals surface area contributed by atoms with Gasteiger partial charge in [-0.2, -0.15) is 5.26 Å². The number of hydrogen-bond acceptors (Lipinski definition) is 4. The predicted octanol–water partition coefficient (Wildman–Crippen LogP) is 2.29. The minimum absolute atomic E-state index is 0.0669. The monoisotopic (exact) mass is 205 g/mol. The summed E-state index contributed by atoms with van der Waals surface area (Å²) in [5.74, 6) is 0. The van der Waals surface area contributed by atoms with Gasteiger partial charge in [0.1, 0.15) is 5.69 Å². The maximum Gasteiger partial charge on any atom is 0.293 e. The summed E-state index contributed by atoms with van der Waals surface area (Å²) in [6.07, 6.45) is 0. The van der Waals surface area contributed by atoms with E-state index in [1.54, 1.807) is 12.1 Å². The summed E-state index contributed by atoms with van der Waals surface area (Å²) < 4.78 is 0. The Hall–Kier alpha value is -2.09. The van der Waals surface area contributed by atoms with Gasteiger partial charge < -0.3 is 5.32 Å². The third-order valence-corrected chi connectivity index (χ3v) is 1.77. The zero-order valence-corrected chi connectivity index (χ0v) is 8.52. The SMILES string of the molecule is CC(C)Nc1ccc(C#N)cc1[N+](=O)[O-]. The molecule has 1 rings (SSSR count). The van der Waals surface area contributed by atoms with Crippen LogP contribution in [0.3, 0.4) is 0 Å². The van der Waals surface area contributed by atoms with Crippen molar-refractivity contribution in [3.8, 4) is 6.07 Å². The quantitative estimate of drug-likeness (QED) is 0.606. The second-order valence-electron chi connectivity index (χ2n) is 3.40. The minimum Gasteiger partial charge on any atom is -0.377 e. The minimum atomic E-state index is -0.494. The fourth-order valence-corrected chi connectivity index (χ4v) is 1.19. The molecule has 0 fully saturated rings. The fraction of sp³-hybridized carbons (Fsp3) is 0.300. The van der Waals surface area contributed by atoms with Crippen LogP contribution in [0.1, 0.15) is 19.4 Å². The Morgan fingerprint density at radius 2 is 2.20 bits per heavy atom. The molecule has 0 saturated heterocycles. The molecule has 0 aliphatic rings. The van der Waals surface area contributed by atoms with E-state index < -0.39 is 4.92 Å². The largest absolute Gasteiger partial charge is 0.377 e. The highest BCUT2D eigenvalue weighted by Gasteiger charge is 2.14. The van der Waals surface area contributed by atoms with Crippen LogP contribution in [0, 0.1) is 21.4 Å². The Balaban J connectivity index is 3.16. The normalized spacial score (nSPS) is 9.73. The van der Waals surface area contributed by atoms with Crippen molar-refractivity contribution in [3.63, 3.8) is 0 Å². The first-order valence-corrected chi connectivity index (χ1v) is 4.49. The van der Waals surface area contributed by atoms with E-state index in [-0.39, 0.29) is 17.3 Å². The van der Waals surface area contributed by atoms with E-state index >= 15 is 0 Å². The molecule has 78 valence electrons. The van der Waals surface area contributed by atoms with Crippen molar-refractivity contribution >= 4 is 11.4 Å². The van der Waals surface area contributed by atoms with Crippen LogP contribution in [0.25, 0.3) is 0 Å². The molecule has 5 heteroatoms. The molecule has 0 atom stereocenters. The van der Waals surface area contributed by atoms with E-state index in [0.717, 1.165) is 0 Å². The molecule has 0 aliphatic heterocycles. The van der Waals surface area contributed by atoms with Crippen molar-refractivity contribution in [2.75, 3.05) is 5.32 Å². The van der Waals surface area contributed by atoms with Gasteiger partial charge in [0.15, 0.2) is 0 Å². The molecule has 0 radical (unpaired) electrons. The van der Waals surface area contributed by atoms with E-state index in [4.69, 9.17) is 5.26 Å². The lowest BCUT2D eigenvalue weighted by atomic mass is 10.2. The van der Waals surface area contributed by atoms with Crippen LogP contribution in [-0.2, 0) is 0 Å². The standard InChI is InChI=1S/C10H11N3O2/c1-7(2)12-9-4-3-8(6-11)5-10(9)13(14)15/h3-5,7,12H,1-2H3. The van der Waals surface area contributed by atoms with Crippen molar-refractivity contribution in [1.29, 1.82) is 5.26 Å².